The lowest BCUT2D eigenvalue weighted by Gasteiger charge is -2.60. The largest absolute Gasteiger partial charge is 0.469 e. The molecule has 4 bridgehead atoms. The summed E-state index contributed by atoms with van der Waals surface area (Å²) in [5.74, 6) is 1.75. The van der Waals surface area contributed by atoms with Crippen LogP contribution in [0.1, 0.15) is 44.6 Å². The van der Waals surface area contributed by atoms with Crippen LogP contribution in [0, 0.1) is 23.2 Å². The van der Waals surface area contributed by atoms with Gasteiger partial charge in [0, 0.05) is 45.5 Å². The van der Waals surface area contributed by atoms with E-state index in [-0.39, 0.29) is 29.4 Å². The molecule has 0 aromatic carbocycles. The molecule has 7 nitrogen and oxygen atoms in total. The van der Waals surface area contributed by atoms with E-state index in [2.05, 4.69) is 9.88 Å². The number of amides is 1. The minimum atomic E-state index is -4.40. The van der Waals surface area contributed by atoms with E-state index in [1.54, 1.807) is 0 Å². The summed E-state index contributed by atoms with van der Waals surface area (Å²) in [6.07, 6.45) is 1.16. The first-order chi connectivity index (χ1) is 17.0. The monoisotopic (exact) mass is 508 g/mol. The maximum absolute atomic E-state index is 13.6. The van der Waals surface area contributed by atoms with Gasteiger partial charge in [0.2, 0.25) is 5.91 Å². The van der Waals surface area contributed by atoms with E-state index in [0.717, 1.165) is 44.4 Å². The van der Waals surface area contributed by atoms with Gasteiger partial charge in [0.25, 0.3) is 0 Å². The Labute approximate surface area is 210 Å². The van der Waals surface area contributed by atoms with Crippen molar-refractivity contribution in [2.24, 2.45) is 23.2 Å². The van der Waals surface area contributed by atoms with Gasteiger partial charge in [-0.1, -0.05) is 0 Å². The first-order valence-corrected chi connectivity index (χ1v) is 12.9. The van der Waals surface area contributed by atoms with Crippen molar-refractivity contribution >= 4 is 17.7 Å². The van der Waals surface area contributed by atoms with E-state index in [1.807, 2.05) is 23.8 Å². The number of hydrogen-bond acceptors (Lipinski definition) is 6. The van der Waals surface area contributed by atoms with E-state index in [1.165, 1.54) is 13.2 Å². The predicted octanol–water partition coefficient (Wildman–Crippen LogP) is 3.44. The summed E-state index contributed by atoms with van der Waals surface area (Å²) in [6, 6.07) is 2.34. The highest BCUT2D eigenvalue weighted by atomic mass is 19.4. The highest BCUT2D eigenvalue weighted by Gasteiger charge is 2.60. The van der Waals surface area contributed by atoms with Crippen LogP contribution >= 0.6 is 0 Å². The van der Waals surface area contributed by atoms with Crippen molar-refractivity contribution in [1.29, 1.82) is 0 Å². The van der Waals surface area contributed by atoms with Crippen LogP contribution in [-0.4, -0.2) is 79.1 Å². The molecule has 1 aromatic rings. The molecule has 4 saturated carbocycles. The Morgan fingerprint density at radius 3 is 2.28 bits per heavy atom. The lowest BCUT2D eigenvalue weighted by atomic mass is 9.47. The number of alkyl halides is 3. The zero-order valence-electron chi connectivity index (χ0n) is 21.1. The van der Waals surface area contributed by atoms with Crippen LogP contribution in [0.3, 0.4) is 0 Å². The van der Waals surface area contributed by atoms with Crippen LogP contribution in [-0.2, 0) is 20.5 Å². The van der Waals surface area contributed by atoms with Crippen molar-refractivity contribution in [3.63, 3.8) is 0 Å². The van der Waals surface area contributed by atoms with Crippen LogP contribution in [0.25, 0.3) is 0 Å². The first-order valence-electron chi connectivity index (χ1n) is 12.9. The molecule has 6 rings (SSSR count). The highest BCUT2D eigenvalue weighted by Crippen LogP contribution is 2.61. The van der Waals surface area contributed by atoms with Gasteiger partial charge in [0.15, 0.2) is 0 Å². The minimum absolute atomic E-state index is 0.0805. The van der Waals surface area contributed by atoms with E-state index < -0.39 is 11.7 Å². The molecule has 5 fully saturated rings. The fourth-order valence-corrected chi connectivity index (χ4v) is 7.77. The van der Waals surface area contributed by atoms with Crippen LogP contribution in [0.5, 0.6) is 0 Å². The minimum Gasteiger partial charge on any atom is -0.469 e. The molecule has 0 N–H and O–H groups in total. The number of hydrogen-bond donors (Lipinski definition) is 0. The molecule has 36 heavy (non-hydrogen) atoms. The van der Waals surface area contributed by atoms with Crippen molar-refractivity contribution in [2.45, 2.75) is 57.3 Å². The Hall–Kier alpha value is -2.36. The number of aromatic nitrogens is 1. The SMILES string of the molecule is COC(=O)C12CC3C[C@H](C1)C(N(C)C(=O)C(C)N1CCN(c4ccc(C(F)(F)F)cn4)CC1)[C@@H](C3)C2. The second kappa shape index (κ2) is 9.19. The number of ether oxygens (including phenoxy) is 1. The number of carbonyl (C=O) groups excluding carboxylic acids is 2. The number of esters is 1. The van der Waals surface area contributed by atoms with Gasteiger partial charge in [0.1, 0.15) is 5.82 Å². The summed E-state index contributed by atoms with van der Waals surface area (Å²) < 4.78 is 43.7. The molecule has 0 spiro atoms. The van der Waals surface area contributed by atoms with E-state index in [9.17, 15) is 22.8 Å². The van der Waals surface area contributed by atoms with Crippen LogP contribution in [0.4, 0.5) is 19.0 Å². The summed E-state index contributed by atoms with van der Waals surface area (Å²) in [5, 5.41) is 0. The Morgan fingerprint density at radius 1 is 1.11 bits per heavy atom. The summed E-state index contributed by atoms with van der Waals surface area (Å²) in [4.78, 5) is 36.3. The Kier molecular flexibility index (Phi) is 6.46. The van der Waals surface area contributed by atoms with Crippen molar-refractivity contribution < 1.29 is 27.5 Å². The molecule has 4 unspecified atom stereocenters. The van der Waals surface area contributed by atoms with Gasteiger partial charge in [-0.2, -0.15) is 13.2 Å². The van der Waals surface area contributed by atoms with Gasteiger partial charge in [-0.05, 0) is 68.9 Å². The number of rotatable bonds is 5. The molecule has 10 heteroatoms. The van der Waals surface area contributed by atoms with Gasteiger partial charge in [-0.3, -0.25) is 14.5 Å². The van der Waals surface area contributed by atoms with E-state index >= 15 is 0 Å². The van der Waals surface area contributed by atoms with Crippen molar-refractivity contribution in [3.8, 4) is 0 Å². The first kappa shape index (κ1) is 25.3. The maximum Gasteiger partial charge on any atom is 0.417 e. The lowest BCUT2D eigenvalue weighted by molar-refractivity contribution is -0.178. The molecule has 4 aliphatic carbocycles. The number of anilines is 1. The molecule has 1 aromatic heterocycles. The molecule has 5 aliphatic rings. The smallest absolute Gasteiger partial charge is 0.417 e. The molecule has 1 saturated heterocycles. The molecular weight excluding hydrogens is 473 g/mol. The second-order valence-electron chi connectivity index (χ2n) is 11.3. The second-order valence-corrected chi connectivity index (χ2v) is 11.3. The standard InChI is InChI=1S/C26H35F3N4O3/c1-16(32-6-8-33(9-7-32)21-5-4-20(15-30-21)26(27,28)29)23(34)31(2)22-18-10-17-11-19(22)14-25(12-17,13-18)24(35)36-3/h4-5,15-19,22H,6-14H2,1-3H3/t16?,17?,18-,19+,22?,25?. The van der Waals surface area contributed by atoms with Crippen molar-refractivity contribution in [3.05, 3.63) is 23.9 Å². The normalized spacial score (nSPS) is 32.9. The third-order valence-electron chi connectivity index (χ3n) is 9.26. The Bertz CT molecular complexity index is 977. The number of pyridine rings is 1. The number of halogens is 3. The fraction of sp³-hybridized carbons (Fsp3) is 0.731. The third kappa shape index (κ3) is 4.35. The molecule has 1 amide bonds. The number of methoxy groups -OCH3 is 1. The zero-order chi connectivity index (χ0) is 25.8. The Morgan fingerprint density at radius 2 is 1.75 bits per heavy atom. The molecule has 1 aliphatic heterocycles. The predicted molar refractivity (Wildman–Crippen MR) is 127 cm³/mol. The summed E-state index contributed by atoms with van der Waals surface area (Å²) in [7, 11) is 3.39. The molecular formula is C26H35F3N4O3. The highest BCUT2D eigenvalue weighted by molar-refractivity contribution is 5.82. The van der Waals surface area contributed by atoms with Crippen LogP contribution < -0.4 is 4.90 Å². The number of likely N-dealkylation sites (N-methyl/N-ethyl adjacent to an activating group) is 1. The average Bonchev–Trinajstić information content (AvgIpc) is 2.86. The molecule has 198 valence electrons. The van der Waals surface area contributed by atoms with Gasteiger partial charge < -0.3 is 14.5 Å². The van der Waals surface area contributed by atoms with E-state index in [0.29, 0.717) is 49.8 Å². The van der Waals surface area contributed by atoms with Gasteiger partial charge >= 0.3 is 12.1 Å². The summed E-state index contributed by atoms with van der Waals surface area (Å²) in [6.45, 7) is 4.40. The van der Waals surface area contributed by atoms with Crippen molar-refractivity contribution in [1.82, 2.24) is 14.8 Å². The van der Waals surface area contributed by atoms with Gasteiger partial charge in [-0.15, -0.1) is 0 Å². The average molecular weight is 509 g/mol. The molecule has 0 radical (unpaired) electrons. The van der Waals surface area contributed by atoms with Crippen molar-refractivity contribution in [2.75, 3.05) is 45.2 Å². The number of carbonyl (C=O) groups is 2. The third-order valence-corrected chi connectivity index (χ3v) is 9.26. The molecule has 6 atom stereocenters. The Balaban J connectivity index is 1.19. The van der Waals surface area contributed by atoms with Crippen LogP contribution in [0.2, 0.25) is 0 Å². The lowest BCUT2D eigenvalue weighted by Crippen LogP contribution is -2.63. The summed E-state index contributed by atoms with van der Waals surface area (Å²) in [5.41, 5.74) is -1.12. The number of piperazine rings is 1. The fourth-order valence-electron chi connectivity index (χ4n) is 7.77. The summed E-state index contributed by atoms with van der Waals surface area (Å²) >= 11 is 0. The van der Waals surface area contributed by atoms with Gasteiger partial charge in [0.05, 0.1) is 24.1 Å². The topological polar surface area (TPSA) is 66.0 Å². The van der Waals surface area contributed by atoms with Gasteiger partial charge in [-0.25, -0.2) is 4.98 Å². The number of nitrogens with zero attached hydrogens (tertiary/aromatic N) is 4. The zero-order valence-corrected chi connectivity index (χ0v) is 21.1. The van der Waals surface area contributed by atoms with Crippen LogP contribution in [0.15, 0.2) is 18.3 Å². The van der Waals surface area contributed by atoms with E-state index in [4.69, 9.17) is 4.74 Å². The quantitative estimate of drug-likeness (QED) is 0.568. The maximum atomic E-state index is 13.6. The molecule has 2 heterocycles.